The van der Waals surface area contributed by atoms with Gasteiger partial charge in [-0.15, -0.1) is 11.3 Å². The SMILES string of the molecule is CC(=O)NCC1CN(c2ccc(N3CCC(=C(C#N)c4cccs4)CC3)c(F)c2)C(=O)O1. The quantitative estimate of drug-likeness (QED) is 0.692. The fraction of sp³-hybridized carbons (Fsp3) is 0.348. The van der Waals surface area contributed by atoms with Crippen LogP contribution in [0.5, 0.6) is 0 Å². The smallest absolute Gasteiger partial charge is 0.414 e. The largest absolute Gasteiger partial charge is 0.442 e. The molecule has 4 rings (SSSR count). The monoisotopic (exact) mass is 454 g/mol. The summed E-state index contributed by atoms with van der Waals surface area (Å²) in [5.41, 5.74) is 2.73. The van der Waals surface area contributed by atoms with Gasteiger partial charge >= 0.3 is 6.09 Å². The fourth-order valence-corrected chi connectivity index (χ4v) is 4.78. The molecule has 0 bridgehead atoms. The molecule has 2 saturated heterocycles. The van der Waals surface area contributed by atoms with E-state index in [1.165, 1.54) is 17.9 Å². The molecule has 0 radical (unpaired) electrons. The number of nitriles is 1. The number of benzene rings is 1. The van der Waals surface area contributed by atoms with Crippen molar-refractivity contribution in [1.82, 2.24) is 5.32 Å². The van der Waals surface area contributed by atoms with Crippen LogP contribution in [0.15, 0.2) is 41.3 Å². The predicted octanol–water partition coefficient (Wildman–Crippen LogP) is 3.93. The minimum atomic E-state index is -0.558. The van der Waals surface area contributed by atoms with Gasteiger partial charge in [0.15, 0.2) is 0 Å². The third-order valence-corrected chi connectivity index (χ3v) is 6.52. The first-order valence-corrected chi connectivity index (χ1v) is 11.3. The average Bonchev–Trinajstić information content (AvgIpc) is 3.43. The number of nitrogens with zero attached hydrogens (tertiary/aromatic N) is 3. The molecule has 2 aliphatic rings. The third-order valence-electron chi connectivity index (χ3n) is 5.64. The maximum absolute atomic E-state index is 15.0. The van der Waals surface area contributed by atoms with Crippen LogP contribution < -0.4 is 15.1 Å². The highest BCUT2D eigenvalue weighted by atomic mass is 32.1. The molecular formula is C23H23FN4O3S. The van der Waals surface area contributed by atoms with E-state index >= 15 is 0 Å². The summed E-state index contributed by atoms with van der Waals surface area (Å²) in [6, 6.07) is 10.9. The minimum absolute atomic E-state index is 0.202. The molecule has 1 atom stereocenters. The van der Waals surface area contributed by atoms with Gasteiger partial charge in [0.05, 0.1) is 30.0 Å². The Balaban J connectivity index is 1.43. The second kappa shape index (κ2) is 9.40. The molecule has 1 N–H and O–H groups in total. The highest BCUT2D eigenvalue weighted by Crippen LogP contribution is 2.33. The van der Waals surface area contributed by atoms with Crippen LogP contribution in [0.2, 0.25) is 0 Å². The molecule has 1 unspecified atom stereocenters. The number of cyclic esters (lactones) is 1. The van der Waals surface area contributed by atoms with Crippen molar-refractivity contribution in [3.63, 3.8) is 0 Å². The number of thiophene rings is 1. The van der Waals surface area contributed by atoms with E-state index in [1.807, 2.05) is 22.4 Å². The summed E-state index contributed by atoms with van der Waals surface area (Å²) in [6.45, 7) is 3.10. The van der Waals surface area contributed by atoms with Gasteiger partial charge in [-0.3, -0.25) is 9.69 Å². The number of allylic oxidation sites excluding steroid dienone is 1. The second-order valence-electron chi connectivity index (χ2n) is 7.74. The van der Waals surface area contributed by atoms with Crippen LogP contribution in [0.1, 0.15) is 24.6 Å². The van der Waals surface area contributed by atoms with Crippen molar-refractivity contribution in [3.8, 4) is 6.07 Å². The minimum Gasteiger partial charge on any atom is -0.442 e. The van der Waals surface area contributed by atoms with Gasteiger partial charge in [-0.1, -0.05) is 6.07 Å². The number of carbonyl (C=O) groups excluding carboxylic acids is 2. The van der Waals surface area contributed by atoms with Crippen LogP contribution in [0.25, 0.3) is 5.57 Å². The summed E-state index contributed by atoms with van der Waals surface area (Å²) < 4.78 is 20.2. The molecule has 0 aliphatic carbocycles. The summed E-state index contributed by atoms with van der Waals surface area (Å²) in [4.78, 5) is 27.6. The highest BCUT2D eigenvalue weighted by molar-refractivity contribution is 7.11. The first-order chi connectivity index (χ1) is 15.5. The number of ether oxygens (including phenoxy) is 1. The lowest BCUT2D eigenvalue weighted by atomic mass is 9.97. The van der Waals surface area contributed by atoms with E-state index in [1.54, 1.807) is 23.5 Å². The number of rotatable bonds is 5. The fourth-order valence-electron chi connectivity index (χ4n) is 4.01. The molecule has 2 aromatic rings. The standard InChI is InChI=1S/C23H23FN4O3S/c1-15(29)26-13-18-14-28(23(30)31-18)17-4-5-21(20(24)11-17)27-8-6-16(7-9-27)19(12-25)22-3-2-10-32-22/h2-5,10-11,18H,6-9,13-14H2,1H3,(H,26,29). The number of piperidine rings is 1. The van der Waals surface area contributed by atoms with E-state index in [2.05, 4.69) is 11.4 Å². The van der Waals surface area contributed by atoms with E-state index in [9.17, 15) is 19.2 Å². The van der Waals surface area contributed by atoms with E-state index in [-0.39, 0.29) is 19.0 Å². The van der Waals surface area contributed by atoms with Crippen LogP contribution >= 0.6 is 11.3 Å². The average molecular weight is 455 g/mol. The number of hydrogen-bond donors (Lipinski definition) is 1. The van der Waals surface area contributed by atoms with E-state index in [0.717, 1.165) is 16.0 Å². The number of hydrogen-bond acceptors (Lipinski definition) is 6. The van der Waals surface area contributed by atoms with Gasteiger partial charge in [0.1, 0.15) is 18.0 Å². The Morgan fingerprint density at radius 3 is 2.75 bits per heavy atom. The van der Waals surface area contributed by atoms with E-state index in [4.69, 9.17) is 4.74 Å². The van der Waals surface area contributed by atoms with Crippen LogP contribution in [0.3, 0.4) is 0 Å². The number of halogens is 1. The van der Waals surface area contributed by atoms with E-state index in [0.29, 0.717) is 37.3 Å². The number of carbonyl (C=O) groups is 2. The van der Waals surface area contributed by atoms with Crippen molar-refractivity contribution in [2.45, 2.75) is 25.9 Å². The van der Waals surface area contributed by atoms with Gasteiger partial charge in [-0.05, 0) is 48.1 Å². The van der Waals surface area contributed by atoms with Gasteiger partial charge in [0.25, 0.3) is 0 Å². The van der Waals surface area contributed by atoms with Crippen molar-refractivity contribution < 1.29 is 18.7 Å². The summed E-state index contributed by atoms with van der Waals surface area (Å²) in [5, 5.41) is 14.2. The second-order valence-corrected chi connectivity index (χ2v) is 8.69. The summed E-state index contributed by atoms with van der Waals surface area (Å²) in [6.07, 6.45) is 0.369. The Bertz CT molecular complexity index is 1080. The zero-order chi connectivity index (χ0) is 22.7. The van der Waals surface area contributed by atoms with Crippen LogP contribution in [-0.2, 0) is 9.53 Å². The Morgan fingerprint density at radius 2 is 2.12 bits per heavy atom. The molecule has 32 heavy (non-hydrogen) atoms. The van der Waals surface area contributed by atoms with Crippen LogP contribution in [0.4, 0.5) is 20.6 Å². The topological polar surface area (TPSA) is 85.7 Å². The Morgan fingerprint density at radius 1 is 1.34 bits per heavy atom. The molecule has 1 aromatic heterocycles. The molecule has 0 saturated carbocycles. The maximum atomic E-state index is 15.0. The zero-order valence-corrected chi connectivity index (χ0v) is 18.5. The molecular weight excluding hydrogens is 431 g/mol. The number of anilines is 2. The zero-order valence-electron chi connectivity index (χ0n) is 17.6. The van der Waals surface area contributed by atoms with Crippen molar-refractivity contribution in [3.05, 3.63) is 52.0 Å². The molecule has 2 fully saturated rings. The van der Waals surface area contributed by atoms with Gasteiger partial charge < -0.3 is 15.0 Å². The lowest BCUT2D eigenvalue weighted by molar-refractivity contribution is -0.119. The third kappa shape index (κ3) is 4.60. The van der Waals surface area contributed by atoms with Gasteiger partial charge in [0, 0.05) is 24.9 Å². The van der Waals surface area contributed by atoms with Crippen molar-refractivity contribution in [2.24, 2.45) is 0 Å². The summed E-state index contributed by atoms with van der Waals surface area (Å²) >= 11 is 1.55. The highest BCUT2D eigenvalue weighted by Gasteiger charge is 2.33. The maximum Gasteiger partial charge on any atom is 0.414 e. The lowest BCUT2D eigenvalue weighted by Crippen LogP contribution is -2.33. The van der Waals surface area contributed by atoms with E-state index < -0.39 is 18.0 Å². The molecule has 2 amide bonds. The normalized spacial score (nSPS) is 18.3. The lowest BCUT2D eigenvalue weighted by Gasteiger charge is -2.31. The molecule has 7 nitrogen and oxygen atoms in total. The Labute approximate surface area is 189 Å². The van der Waals surface area contributed by atoms with Gasteiger partial charge in [0.2, 0.25) is 5.91 Å². The first-order valence-electron chi connectivity index (χ1n) is 10.4. The molecule has 3 heterocycles. The molecule has 9 heteroatoms. The van der Waals surface area contributed by atoms with Crippen molar-refractivity contribution >= 4 is 40.3 Å². The molecule has 166 valence electrons. The predicted molar refractivity (Wildman–Crippen MR) is 121 cm³/mol. The Kier molecular flexibility index (Phi) is 6.42. The number of amides is 2. The number of nitrogens with one attached hydrogen (secondary N) is 1. The first kappa shape index (κ1) is 21.8. The van der Waals surface area contributed by atoms with Gasteiger partial charge in [-0.25, -0.2) is 9.18 Å². The summed E-state index contributed by atoms with van der Waals surface area (Å²) in [7, 11) is 0. The summed E-state index contributed by atoms with van der Waals surface area (Å²) in [5.74, 6) is -0.612. The molecule has 2 aliphatic heterocycles. The molecule has 1 aromatic carbocycles. The van der Waals surface area contributed by atoms with Crippen LogP contribution in [0, 0.1) is 17.1 Å². The van der Waals surface area contributed by atoms with Crippen molar-refractivity contribution in [2.75, 3.05) is 36.0 Å². The van der Waals surface area contributed by atoms with Gasteiger partial charge in [-0.2, -0.15) is 5.26 Å². The Hall–Kier alpha value is -3.38. The van der Waals surface area contributed by atoms with Crippen molar-refractivity contribution in [1.29, 1.82) is 5.26 Å². The molecule has 0 spiro atoms. The van der Waals surface area contributed by atoms with Crippen LogP contribution in [-0.4, -0.2) is 44.3 Å².